The van der Waals surface area contributed by atoms with Crippen LogP contribution in [0.5, 0.6) is 0 Å². The average Bonchev–Trinajstić information content (AvgIpc) is 3.03. The highest BCUT2D eigenvalue weighted by Gasteiger charge is 2.52. The zero-order valence-corrected chi connectivity index (χ0v) is 18.0. The van der Waals surface area contributed by atoms with Crippen LogP contribution < -0.4 is 5.30 Å². The van der Waals surface area contributed by atoms with Crippen molar-refractivity contribution < 1.29 is 4.57 Å². The zero-order valence-electron chi connectivity index (χ0n) is 17.1. The van der Waals surface area contributed by atoms with Crippen molar-refractivity contribution in [3.63, 3.8) is 0 Å². The van der Waals surface area contributed by atoms with Gasteiger partial charge in [0.25, 0.3) is 0 Å². The Kier molecular flexibility index (Phi) is 5.06. The first-order valence-corrected chi connectivity index (χ1v) is 12.2. The molecule has 1 fully saturated rings. The van der Waals surface area contributed by atoms with Crippen LogP contribution in [0.2, 0.25) is 0 Å². The molecule has 1 heterocycles. The van der Waals surface area contributed by atoms with Gasteiger partial charge >= 0.3 is 0 Å². The van der Waals surface area contributed by atoms with Crippen molar-refractivity contribution in [3.05, 3.63) is 126 Å². The van der Waals surface area contributed by atoms with E-state index in [1.807, 2.05) is 43.4 Å². The third-order valence-electron chi connectivity index (χ3n) is 6.39. The molecule has 4 atom stereocenters. The number of nitrogens with zero attached hydrogens (tertiary/aromatic N) is 1. The van der Waals surface area contributed by atoms with Crippen LogP contribution in [0.25, 0.3) is 0 Å². The largest absolute Gasteiger partial charge is 0.297 e. The summed E-state index contributed by atoms with van der Waals surface area (Å²) in [4.78, 5) is 0. The van der Waals surface area contributed by atoms with Gasteiger partial charge in [0.15, 0.2) is 0 Å². The summed E-state index contributed by atoms with van der Waals surface area (Å²) in [6.45, 7) is 0. The van der Waals surface area contributed by atoms with Gasteiger partial charge in [-0.1, -0.05) is 97.1 Å². The van der Waals surface area contributed by atoms with Crippen LogP contribution in [-0.2, 0) is 11.0 Å². The van der Waals surface area contributed by atoms with E-state index in [4.69, 9.17) is 0 Å². The summed E-state index contributed by atoms with van der Waals surface area (Å²) in [7, 11) is -0.833. The van der Waals surface area contributed by atoms with E-state index < -0.39 is 7.29 Å². The lowest BCUT2D eigenvalue weighted by Gasteiger charge is -2.26. The third-order valence-corrected chi connectivity index (χ3v) is 9.67. The molecule has 3 heteroatoms. The van der Waals surface area contributed by atoms with Gasteiger partial charge in [0, 0.05) is 16.5 Å². The summed E-state index contributed by atoms with van der Waals surface area (Å²) in [6.07, 6.45) is 7.85. The number of benzene rings is 3. The number of hydrogen-bond acceptors (Lipinski definition) is 1. The van der Waals surface area contributed by atoms with Crippen molar-refractivity contribution in [2.24, 2.45) is 11.8 Å². The Morgan fingerprint density at radius 2 is 1.40 bits per heavy atom. The standard InChI is InChI=1S/C27H26NOP/c1-28-27(23-13-7-3-8-14-23)25-18-17-22(19-21-11-5-2-6-12-21)20-26(25)30(28,29)24-15-9-4-10-16-24/h2-18,20,22,25,27H,19H2,1H3/t22-,25-,27+,30+/m0/s1. The first kappa shape index (κ1) is 19.3. The van der Waals surface area contributed by atoms with Gasteiger partial charge < -0.3 is 0 Å². The van der Waals surface area contributed by atoms with E-state index in [1.165, 1.54) is 11.1 Å². The van der Waals surface area contributed by atoms with Gasteiger partial charge in [-0.3, -0.25) is 4.57 Å². The highest BCUT2D eigenvalue weighted by molar-refractivity contribution is 7.73. The second-order valence-electron chi connectivity index (χ2n) is 8.20. The fourth-order valence-corrected chi connectivity index (χ4v) is 8.21. The van der Waals surface area contributed by atoms with Crippen molar-refractivity contribution >= 4 is 12.6 Å². The molecule has 0 radical (unpaired) electrons. The van der Waals surface area contributed by atoms with E-state index >= 15 is 0 Å². The smallest absolute Gasteiger partial charge is 0.203 e. The highest BCUT2D eigenvalue weighted by atomic mass is 31.2. The van der Waals surface area contributed by atoms with Crippen LogP contribution in [0.15, 0.2) is 115 Å². The van der Waals surface area contributed by atoms with Gasteiger partial charge in [-0.05, 0) is 42.6 Å². The van der Waals surface area contributed by atoms with Gasteiger partial charge in [0.05, 0.1) is 6.04 Å². The molecule has 0 N–H and O–H groups in total. The summed E-state index contributed by atoms with van der Waals surface area (Å²) >= 11 is 0. The Hall–Kier alpha value is -2.67. The minimum absolute atomic E-state index is 0.0809. The lowest BCUT2D eigenvalue weighted by Crippen LogP contribution is -2.22. The van der Waals surface area contributed by atoms with Crippen molar-refractivity contribution in [2.75, 3.05) is 7.05 Å². The monoisotopic (exact) mass is 411 g/mol. The van der Waals surface area contributed by atoms with E-state index in [9.17, 15) is 4.57 Å². The fraction of sp³-hybridized carbons (Fsp3) is 0.185. The Balaban J connectivity index is 1.60. The molecule has 0 aromatic heterocycles. The molecule has 3 aromatic carbocycles. The third kappa shape index (κ3) is 3.21. The molecule has 5 rings (SSSR count). The topological polar surface area (TPSA) is 20.3 Å². The summed E-state index contributed by atoms with van der Waals surface area (Å²) in [5, 5.41) is 2.02. The van der Waals surface area contributed by atoms with Crippen LogP contribution in [0.4, 0.5) is 0 Å². The molecule has 3 aromatic rings. The summed E-state index contributed by atoms with van der Waals surface area (Å²) in [5.41, 5.74) is 2.53. The minimum Gasteiger partial charge on any atom is -0.297 e. The van der Waals surface area contributed by atoms with E-state index in [0.29, 0.717) is 0 Å². The second kappa shape index (κ2) is 7.87. The maximum Gasteiger partial charge on any atom is 0.203 e. The first-order chi connectivity index (χ1) is 14.7. The second-order valence-corrected chi connectivity index (χ2v) is 11.0. The SMILES string of the molecule is CN1[C@H](c2ccccc2)[C@H]2C=C[C@@H](Cc3ccccc3)C=C2[P@]1(=O)c1ccccc1. The van der Waals surface area contributed by atoms with Crippen LogP contribution in [0.1, 0.15) is 17.2 Å². The molecular weight excluding hydrogens is 385 g/mol. The molecule has 1 saturated heterocycles. The minimum atomic E-state index is -2.87. The Morgan fingerprint density at radius 1 is 0.800 bits per heavy atom. The number of allylic oxidation sites excluding steroid dienone is 2. The lowest BCUT2D eigenvalue weighted by atomic mass is 9.85. The molecule has 0 bridgehead atoms. The first-order valence-electron chi connectivity index (χ1n) is 10.6. The summed E-state index contributed by atoms with van der Waals surface area (Å²) in [6, 6.07) is 31.2. The molecule has 2 nitrogen and oxygen atoms in total. The van der Waals surface area contributed by atoms with Gasteiger partial charge in [-0.25, -0.2) is 4.67 Å². The number of hydrogen-bond donors (Lipinski definition) is 0. The average molecular weight is 411 g/mol. The summed E-state index contributed by atoms with van der Waals surface area (Å²) in [5.74, 6) is 0.397. The van der Waals surface area contributed by atoms with Crippen LogP contribution in [-0.4, -0.2) is 11.7 Å². The van der Waals surface area contributed by atoms with Crippen molar-refractivity contribution in [1.82, 2.24) is 4.67 Å². The molecular formula is C27H26NOP. The summed E-state index contributed by atoms with van der Waals surface area (Å²) < 4.78 is 16.9. The van der Waals surface area contributed by atoms with Gasteiger partial charge in [0.2, 0.25) is 7.29 Å². The molecule has 2 aliphatic rings. The number of rotatable bonds is 4. The molecule has 1 aliphatic carbocycles. The molecule has 0 amide bonds. The predicted molar refractivity (Wildman–Crippen MR) is 125 cm³/mol. The van der Waals surface area contributed by atoms with Crippen molar-refractivity contribution in [1.29, 1.82) is 0 Å². The number of fused-ring (bicyclic) bond motifs is 1. The Morgan fingerprint density at radius 3 is 2.07 bits per heavy atom. The maximum atomic E-state index is 14.7. The predicted octanol–water partition coefficient (Wildman–Crippen LogP) is 6.21. The van der Waals surface area contributed by atoms with E-state index in [2.05, 4.69) is 77.5 Å². The maximum absolute atomic E-state index is 14.7. The highest BCUT2D eigenvalue weighted by Crippen LogP contribution is 2.70. The molecule has 0 unspecified atom stereocenters. The lowest BCUT2D eigenvalue weighted by molar-refractivity contribution is 0.371. The molecule has 0 spiro atoms. The van der Waals surface area contributed by atoms with Crippen molar-refractivity contribution in [3.8, 4) is 0 Å². The normalized spacial score (nSPS) is 28.2. The Bertz CT molecular complexity index is 1120. The van der Waals surface area contributed by atoms with E-state index in [-0.39, 0.29) is 17.9 Å². The fourth-order valence-electron chi connectivity index (χ4n) is 4.95. The van der Waals surface area contributed by atoms with Gasteiger partial charge in [-0.2, -0.15) is 0 Å². The van der Waals surface area contributed by atoms with Crippen LogP contribution in [0, 0.1) is 11.8 Å². The van der Waals surface area contributed by atoms with Crippen LogP contribution in [0.3, 0.4) is 0 Å². The van der Waals surface area contributed by atoms with Gasteiger partial charge in [0.1, 0.15) is 0 Å². The van der Waals surface area contributed by atoms with Gasteiger partial charge in [-0.15, -0.1) is 0 Å². The van der Waals surface area contributed by atoms with Crippen LogP contribution >= 0.6 is 7.29 Å². The van der Waals surface area contributed by atoms with E-state index in [0.717, 1.165) is 17.0 Å². The zero-order chi connectivity index (χ0) is 20.6. The van der Waals surface area contributed by atoms with Crippen molar-refractivity contribution in [2.45, 2.75) is 12.5 Å². The quantitative estimate of drug-likeness (QED) is 0.376. The Labute approximate surface area is 179 Å². The molecule has 150 valence electrons. The van der Waals surface area contributed by atoms with E-state index in [1.54, 1.807) is 0 Å². The molecule has 30 heavy (non-hydrogen) atoms. The molecule has 0 saturated carbocycles. The molecule has 1 aliphatic heterocycles.